The van der Waals surface area contributed by atoms with Crippen molar-refractivity contribution >= 4 is 18.5 Å². The maximum absolute atomic E-state index is 11.4. The van der Waals surface area contributed by atoms with Gasteiger partial charge in [0.05, 0.1) is 6.67 Å². The Hall–Kier alpha value is 0.437. The minimum atomic E-state index is -1.56. The lowest BCUT2D eigenvalue weighted by atomic mass is 10.9. The van der Waals surface area contributed by atoms with Crippen molar-refractivity contribution in [3.8, 4) is 0 Å². The molecular formula is C4H10ClFSi. The predicted octanol–water partition coefficient (Wildman–Crippen LogP) is 2.40. The van der Waals surface area contributed by atoms with Crippen molar-refractivity contribution in [2.75, 3.05) is 6.67 Å². The molecule has 0 N–H and O–H groups in total. The van der Waals surface area contributed by atoms with Gasteiger partial charge in [-0.25, -0.2) is 0 Å². The lowest BCUT2D eigenvalue weighted by molar-refractivity contribution is 0.524. The predicted molar refractivity (Wildman–Crippen MR) is 34.1 cm³/mol. The Bertz CT molecular complexity index is 50.1. The van der Waals surface area contributed by atoms with Crippen molar-refractivity contribution in [2.45, 2.75) is 19.1 Å². The Morgan fingerprint density at radius 2 is 2.00 bits per heavy atom. The molecule has 0 aliphatic rings. The average Bonchev–Trinajstić information content (AvgIpc) is 1.30. The maximum Gasteiger partial charge on any atom is 0.153 e. The second-order valence-electron chi connectivity index (χ2n) is 2.16. The molecule has 0 spiro atoms. The minimum Gasteiger partial charge on any atom is -0.251 e. The first-order valence-corrected chi connectivity index (χ1v) is 6.53. The molecule has 0 aliphatic carbocycles. The third kappa shape index (κ3) is 6.44. The van der Waals surface area contributed by atoms with Crippen LogP contribution in [0.2, 0.25) is 19.1 Å². The van der Waals surface area contributed by atoms with Crippen molar-refractivity contribution in [3.63, 3.8) is 0 Å². The summed E-state index contributed by atoms with van der Waals surface area (Å²) in [4.78, 5) is 0. The Labute approximate surface area is 49.4 Å². The first-order valence-electron chi connectivity index (χ1n) is 2.31. The van der Waals surface area contributed by atoms with E-state index in [0.29, 0.717) is 6.04 Å². The summed E-state index contributed by atoms with van der Waals surface area (Å²) in [5.74, 6) is 0. The summed E-state index contributed by atoms with van der Waals surface area (Å²) in [6.07, 6.45) is 0. The van der Waals surface area contributed by atoms with Crippen molar-refractivity contribution in [3.05, 3.63) is 0 Å². The third-order valence-electron chi connectivity index (χ3n) is 0.689. The number of hydrogen-bond donors (Lipinski definition) is 0. The van der Waals surface area contributed by atoms with Crippen LogP contribution in [0.4, 0.5) is 4.39 Å². The molecule has 44 valence electrons. The molecule has 0 saturated carbocycles. The van der Waals surface area contributed by atoms with Gasteiger partial charge in [0, 0.05) is 0 Å². The smallest absolute Gasteiger partial charge is 0.153 e. The van der Waals surface area contributed by atoms with Gasteiger partial charge in [-0.3, -0.25) is 4.39 Å². The van der Waals surface area contributed by atoms with Crippen LogP contribution in [0.1, 0.15) is 0 Å². The van der Waals surface area contributed by atoms with Gasteiger partial charge in [-0.15, -0.1) is 0 Å². The summed E-state index contributed by atoms with van der Waals surface area (Å²) in [6, 6.07) is 0.578. The Morgan fingerprint density at radius 3 is 2.00 bits per heavy atom. The molecule has 0 rings (SSSR count). The highest BCUT2D eigenvalue weighted by Gasteiger charge is 2.14. The summed E-state index contributed by atoms with van der Waals surface area (Å²) in [5, 5.41) is 0. The van der Waals surface area contributed by atoms with Gasteiger partial charge in [0.1, 0.15) is 0 Å². The first kappa shape index (κ1) is 7.44. The van der Waals surface area contributed by atoms with Gasteiger partial charge < -0.3 is 0 Å². The highest BCUT2D eigenvalue weighted by Crippen LogP contribution is 2.12. The van der Waals surface area contributed by atoms with Crippen LogP contribution < -0.4 is 0 Å². The van der Waals surface area contributed by atoms with Gasteiger partial charge in [-0.05, 0) is 6.04 Å². The van der Waals surface area contributed by atoms with Crippen LogP contribution in [0.3, 0.4) is 0 Å². The van der Waals surface area contributed by atoms with Gasteiger partial charge in [0.2, 0.25) is 0 Å². The molecule has 0 heterocycles. The SMILES string of the molecule is C[Si](C)(Cl)CCF. The van der Waals surface area contributed by atoms with E-state index in [1.165, 1.54) is 0 Å². The number of hydrogen-bond acceptors (Lipinski definition) is 0. The molecule has 0 amide bonds. The van der Waals surface area contributed by atoms with Crippen LogP contribution in [0, 0.1) is 0 Å². The fourth-order valence-corrected chi connectivity index (χ4v) is 0.888. The van der Waals surface area contributed by atoms with Crippen molar-refractivity contribution < 1.29 is 4.39 Å². The second kappa shape index (κ2) is 2.67. The Kier molecular flexibility index (Phi) is 2.84. The van der Waals surface area contributed by atoms with Gasteiger partial charge >= 0.3 is 0 Å². The van der Waals surface area contributed by atoms with E-state index in [4.69, 9.17) is 11.1 Å². The van der Waals surface area contributed by atoms with Crippen molar-refractivity contribution in [2.24, 2.45) is 0 Å². The van der Waals surface area contributed by atoms with Crippen LogP contribution in [-0.2, 0) is 0 Å². The molecule has 0 aromatic heterocycles. The van der Waals surface area contributed by atoms with Crippen LogP contribution in [-0.4, -0.2) is 14.1 Å². The Morgan fingerprint density at radius 1 is 1.57 bits per heavy atom. The molecule has 0 bridgehead atoms. The monoisotopic (exact) mass is 140 g/mol. The highest BCUT2D eigenvalue weighted by atomic mass is 35.6. The lowest BCUT2D eigenvalue weighted by Crippen LogP contribution is -2.15. The molecule has 0 atom stereocenters. The largest absolute Gasteiger partial charge is 0.251 e. The van der Waals surface area contributed by atoms with E-state index >= 15 is 0 Å². The average molecular weight is 141 g/mol. The summed E-state index contributed by atoms with van der Waals surface area (Å²) >= 11 is 5.73. The van der Waals surface area contributed by atoms with E-state index in [1.807, 2.05) is 13.1 Å². The molecular weight excluding hydrogens is 131 g/mol. The number of rotatable bonds is 2. The van der Waals surface area contributed by atoms with Crippen molar-refractivity contribution in [1.82, 2.24) is 0 Å². The van der Waals surface area contributed by atoms with E-state index in [9.17, 15) is 4.39 Å². The molecule has 0 aromatic rings. The van der Waals surface area contributed by atoms with Crippen molar-refractivity contribution in [1.29, 1.82) is 0 Å². The van der Waals surface area contributed by atoms with E-state index in [-0.39, 0.29) is 6.67 Å². The van der Waals surface area contributed by atoms with E-state index in [0.717, 1.165) is 0 Å². The number of halogens is 2. The summed E-state index contributed by atoms with van der Waals surface area (Å²) in [7, 11) is -1.56. The second-order valence-corrected chi connectivity index (χ2v) is 9.16. The summed E-state index contributed by atoms with van der Waals surface area (Å²) < 4.78 is 11.4. The zero-order valence-electron chi connectivity index (χ0n) is 4.67. The zero-order chi connectivity index (χ0) is 5.91. The molecule has 0 saturated heterocycles. The van der Waals surface area contributed by atoms with Gasteiger partial charge in [0.25, 0.3) is 0 Å². The molecule has 0 aliphatic heterocycles. The zero-order valence-corrected chi connectivity index (χ0v) is 6.43. The van der Waals surface area contributed by atoms with Crippen LogP contribution in [0.5, 0.6) is 0 Å². The first-order chi connectivity index (χ1) is 3.06. The normalized spacial score (nSPS) is 12.0. The van der Waals surface area contributed by atoms with Crippen LogP contribution >= 0.6 is 11.1 Å². The minimum absolute atomic E-state index is 0.261. The van der Waals surface area contributed by atoms with E-state index in [2.05, 4.69) is 0 Å². The molecule has 0 unspecified atom stereocenters. The highest BCUT2D eigenvalue weighted by molar-refractivity contribution is 7.19. The third-order valence-corrected chi connectivity index (χ3v) is 2.63. The van der Waals surface area contributed by atoms with E-state index < -0.39 is 7.38 Å². The van der Waals surface area contributed by atoms with Crippen LogP contribution in [0.25, 0.3) is 0 Å². The molecule has 0 fully saturated rings. The standard InChI is InChI=1S/C4H10ClFSi/c1-7(2,5)4-3-6/h3-4H2,1-2H3. The quantitative estimate of drug-likeness (QED) is 0.408. The van der Waals surface area contributed by atoms with Gasteiger partial charge in [-0.2, -0.15) is 11.1 Å². The van der Waals surface area contributed by atoms with E-state index in [1.54, 1.807) is 0 Å². The summed E-state index contributed by atoms with van der Waals surface area (Å²) in [6.45, 7) is 3.62. The fourth-order valence-electron chi connectivity index (χ4n) is 0.225. The molecule has 0 aromatic carbocycles. The topological polar surface area (TPSA) is 0 Å². The molecule has 3 heteroatoms. The van der Waals surface area contributed by atoms with Gasteiger partial charge in [-0.1, -0.05) is 13.1 Å². The molecule has 0 nitrogen and oxygen atoms in total. The fraction of sp³-hybridized carbons (Fsp3) is 1.00. The van der Waals surface area contributed by atoms with Crippen LogP contribution in [0.15, 0.2) is 0 Å². The molecule has 0 radical (unpaired) electrons. The number of alkyl halides is 1. The molecule has 7 heavy (non-hydrogen) atoms. The summed E-state index contributed by atoms with van der Waals surface area (Å²) in [5.41, 5.74) is 0. The maximum atomic E-state index is 11.4. The lowest BCUT2D eigenvalue weighted by Gasteiger charge is -2.07. The van der Waals surface area contributed by atoms with Gasteiger partial charge in [0.15, 0.2) is 7.38 Å². The Balaban J connectivity index is 3.15.